The van der Waals surface area contributed by atoms with Crippen LogP contribution in [0, 0.1) is 0 Å². The van der Waals surface area contributed by atoms with Gasteiger partial charge in [-0.2, -0.15) is 0 Å². The van der Waals surface area contributed by atoms with Crippen molar-refractivity contribution < 1.29 is 29.3 Å². The van der Waals surface area contributed by atoms with Gasteiger partial charge in [-0.25, -0.2) is 4.79 Å². The van der Waals surface area contributed by atoms with Crippen LogP contribution in [0.5, 0.6) is 11.5 Å². The van der Waals surface area contributed by atoms with Crippen LogP contribution in [-0.4, -0.2) is 36.7 Å². The van der Waals surface area contributed by atoms with Gasteiger partial charge in [0.2, 0.25) is 0 Å². The van der Waals surface area contributed by atoms with Gasteiger partial charge in [0, 0.05) is 10.0 Å². The number of hydrogen-bond acceptors (Lipinski definition) is 5. The largest absolute Gasteiger partial charge is 0.492 e. The van der Waals surface area contributed by atoms with Crippen molar-refractivity contribution >= 4 is 28.2 Å². The molecule has 18 heavy (non-hydrogen) atoms. The number of ether oxygens (including phenoxy) is 2. The molecule has 0 saturated heterocycles. The number of aliphatic hydroxyl groups is 1. The summed E-state index contributed by atoms with van der Waals surface area (Å²) in [5.74, 6) is -1.35. The van der Waals surface area contributed by atoms with Crippen LogP contribution in [0.4, 0.5) is 0 Å². The highest BCUT2D eigenvalue weighted by Crippen LogP contribution is 2.41. The van der Waals surface area contributed by atoms with Crippen molar-refractivity contribution in [2.75, 3.05) is 14.2 Å². The number of carbonyl (C=O) groups excluding carboxylic acids is 1. The van der Waals surface area contributed by atoms with E-state index < -0.39 is 12.1 Å². The monoisotopic (exact) mass is 318 g/mol. The number of hydrogen-bond donors (Lipinski definition) is 2. The Morgan fingerprint density at radius 3 is 2.33 bits per heavy atom. The molecule has 1 aromatic rings. The number of carboxylic acids is 1. The number of aliphatic carboxylic acids is 1. The molecule has 0 heterocycles. The first kappa shape index (κ1) is 14.5. The van der Waals surface area contributed by atoms with Gasteiger partial charge < -0.3 is 19.7 Å². The van der Waals surface area contributed by atoms with Crippen LogP contribution in [0.1, 0.15) is 22.0 Å². The number of aliphatic hydroxyl groups excluding tert-OH is 1. The lowest BCUT2D eigenvalue weighted by Gasteiger charge is -2.17. The second-order valence-corrected chi connectivity index (χ2v) is 4.14. The molecule has 2 N–H and O–H groups in total. The molecule has 1 aromatic carbocycles. The Hall–Kier alpha value is -1.60. The predicted octanol–water partition coefficient (Wildman–Crippen LogP) is 1.40. The summed E-state index contributed by atoms with van der Waals surface area (Å²) in [6, 6.07) is 1.31. The third-order valence-electron chi connectivity index (χ3n) is 2.31. The van der Waals surface area contributed by atoms with E-state index in [4.69, 9.17) is 14.6 Å². The topological polar surface area (TPSA) is 93.1 Å². The molecule has 0 aliphatic heterocycles. The van der Waals surface area contributed by atoms with Crippen molar-refractivity contribution in [3.8, 4) is 11.5 Å². The third-order valence-corrected chi connectivity index (χ3v) is 2.96. The first-order chi connectivity index (χ1) is 8.47. The molecular weight excluding hydrogens is 308 g/mol. The predicted molar refractivity (Wildman–Crippen MR) is 65.2 cm³/mol. The standard InChI is InChI=1S/C11H11BrO6/c1-17-9-5(8(14)11(15)16)3-7(12)6(4-13)10(9)18-2/h3-4,8,14H,1-2H3,(H,15,16). The number of methoxy groups -OCH3 is 2. The Morgan fingerprint density at radius 1 is 1.39 bits per heavy atom. The highest BCUT2D eigenvalue weighted by atomic mass is 79.9. The van der Waals surface area contributed by atoms with Crippen LogP contribution in [0.25, 0.3) is 0 Å². The van der Waals surface area contributed by atoms with E-state index in [1.807, 2.05) is 0 Å². The molecule has 1 unspecified atom stereocenters. The lowest BCUT2D eigenvalue weighted by molar-refractivity contribution is -0.147. The van der Waals surface area contributed by atoms with Gasteiger partial charge in [0.15, 0.2) is 23.9 Å². The molecule has 98 valence electrons. The fraction of sp³-hybridized carbons (Fsp3) is 0.273. The molecule has 0 saturated carbocycles. The van der Waals surface area contributed by atoms with Crippen molar-refractivity contribution in [3.05, 3.63) is 21.7 Å². The highest BCUT2D eigenvalue weighted by molar-refractivity contribution is 9.10. The first-order valence-electron chi connectivity index (χ1n) is 4.78. The zero-order valence-corrected chi connectivity index (χ0v) is 11.2. The van der Waals surface area contributed by atoms with Crippen LogP contribution in [-0.2, 0) is 4.79 Å². The van der Waals surface area contributed by atoms with E-state index in [1.54, 1.807) is 0 Å². The summed E-state index contributed by atoms with van der Waals surface area (Å²) in [7, 11) is 2.60. The van der Waals surface area contributed by atoms with Crippen LogP contribution >= 0.6 is 15.9 Å². The van der Waals surface area contributed by atoms with E-state index in [0.29, 0.717) is 10.8 Å². The van der Waals surface area contributed by atoms with Gasteiger partial charge in [0.05, 0.1) is 19.8 Å². The highest BCUT2D eigenvalue weighted by Gasteiger charge is 2.26. The van der Waals surface area contributed by atoms with Gasteiger partial charge in [-0.05, 0) is 22.0 Å². The van der Waals surface area contributed by atoms with Gasteiger partial charge in [-0.3, -0.25) is 4.79 Å². The Kier molecular flexibility index (Phi) is 4.69. The fourth-order valence-electron chi connectivity index (χ4n) is 1.50. The second-order valence-electron chi connectivity index (χ2n) is 3.29. The van der Waals surface area contributed by atoms with Gasteiger partial charge >= 0.3 is 5.97 Å². The quantitative estimate of drug-likeness (QED) is 0.797. The summed E-state index contributed by atoms with van der Waals surface area (Å²) in [6.45, 7) is 0. The van der Waals surface area contributed by atoms with Crippen molar-refractivity contribution in [3.63, 3.8) is 0 Å². The zero-order chi connectivity index (χ0) is 13.9. The normalized spacial score (nSPS) is 11.8. The summed E-state index contributed by atoms with van der Waals surface area (Å²) in [6.07, 6.45) is -1.23. The first-order valence-corrected chi connectivity index (χ1v) is 5.57. The minimum atomic E-state index is -1.77. The fourth-order valence-corrected chi connectivity index (χ4v) is 2.02. The molecule has 0 amide bonds. The number of halogens is 1. The molecule has 0 aromatic heterocycles. The maximum absolute atomic E-state index is 10.9. The molecule has 0 aliphatic rings. The second kappa shape index (κ2) is 5.83. The van der Waals surface area contributed by atoms with Crippen molar-refractivity contribution in [2.24, 2.45) is 0 Å². The average molecular weight is 319 g/mol. The lowest BCUT2D eigenvalue weighted by Crippen LogP contribution is -2.13. The molecule has 0 radical (unpaired) electrons. The molecule has 0 spiro atoms. The Bertz CT molecular complexity index is 485. The molecule has 6 nitrogen and oxygen atoms in total. The maximum atomic E-state index is 10.9. The van der Waals surface area contributed by atoms with E-state index in [1.165, 1.54) is 20.3 Å². The van der Waals surface area contributed by atoms with Crippen LogP contribution in [0.2, 0.25) is 0 Å². The van der Waals surface area contributed by atoms with Crippen molar-refractivity contribution in [2.45, 2.75) is 6.10 Å². The van der Waals surface area contributed by atoms with Gasteiger partial charge in [0.25, 0.3) is 0 Å². The molecule has 0 bridgehead atoms. The maximum Gasteiger partial charge on any atom is 0.337 e. The minimum absolute atomic E-state index is 0.000625. The molecule has 0 aliphatic carbocycles. The van der Waals surface area contributed by atoms with Crippen LogP contribution < -0.4 is 9.47 Å². The summed E-state index contributed by atoms with van der Waals surface area (Å²) >= 11 is 3.11. The van der Waals surface area contributed by atoms with Crippen LogP contribution in [0.15, 0.2) is 10.5 Å². The van der Waals surface area contributed by atoms with Crippen molar-refractivity contribution in [1.82, 2.24) is 0 Å². The Labute approximate surface area is 111 Å². The number of benzene rings is 1. The summed E-state index contributed by atoms with van der Waals surface area (Å²) < 4.78 is 10.3. The van der Waals surface area contributed by atoms with E-state index in [0.717, 1.165) is 0 Å². The van der Waals surface area contributed by atoms with E-state index in [-0.39, 0.29) is 22.6 Å². The van der Waals surface area contributed by atoms with Crippen molar-refractivity contribution in [1.29, 1.82) is 0 Å². The molecule has 0 fully saturated rings. The number of carbonyl (C=O) groups is 2. The minimum Gasteiger partial charge on any atom is -0.492 e. The molecule has 1 atom stereocenters. The summed E-state index contributed by atoms with van der Waals surface area (Å²) in [5.41, 5.74) is 0.176. The van der Waals surface area contributed by atoms with E-state index in [9.17, 15) is 14.7 Å². The lowest BCUT2D eigenvalue weighted by atomic mass is 10.0. The molecule has 7 heteroatoms. The summed E-state index contributed by atoms with van der Waals surface area (Å²) in [5, 5.41) is 18.4. The van der Waals surface area contributed by atoms with E-state index >= 15 is 0 Å². The van der Waals surface area contributed by atoms with Crippen LogP contribution in [0.3, 0.4) is 0 Å². The van der Waals surface area contributed by atoms with E-state index in [2.05, 4.69) is 15.9 Å². The molecule has 1 rings (SSSR count). The Balaban J connectivity index is 3.58. The number of carboxylic acid groups (broad SMARTS) is 1. The summed E-state index contributed by atoms with van der Waals surface area (Å²) in [4.78, 5) is 21.7. The average Bonchev–Trinajstić information content (AvgIpc) is 2.35. The third kappa shape index (κ3) is 2.46. The van der Waals surface area contributed by atoms with Gasteiger partial charge in [-0.1, -0.05) is 0 Å². The number of rotatable bonds is 5. The Morgan fingerprint density at radius 2 is 1.94 bits per heavy atom. The number of aldehydes is 1. The zero-order valence-electron chi connectivity index (χ0n) is 9.64. The molecular formula is C11H11BrO6. The van der Waals surface area contributed by atoms with Gasteiger partial charge in [-0.15, -0.1) is 0 Å². The smallest absolute Gasteiger partial charge is 0.337 e. The van der Waals surface area contributed by atoms with Gasteiger partial charge in [0.1, 0.15) is 0 Å². The SMILES string of the molecule is COc1c(C(O)C(=O)O)cc(Br)c(C=O)c1OC.